The third kappa shape index (κ3) is 1.56. The van der Waals surface area contributed by atoms with Crippen LogP contribution in [0.3, 0.4) is 0 Å². The number of rotatable bonds is 0. The first-order valence-electron chi connectivity index (χ1n) is 3.97. The van der Waals surface area contributed by atoms with Crippen LogP contribution in [-0.2, 0) is 0 Å². The molecule has 0 unspecified atom stereocenters. The predicted molar refractivity (Wildman–Crippen MR) is 59.0 cm³/mol. The summed E-state index contributed by atoms with van der Waals surface area (Å²) in [6.07, 6.45) is 0.176. The zero-order chi connectivity index (χ0) is 10.3. The maximum atomic E-state index is 11.5. The molecule has 0 amide bonds. The zero-order valence-corrected chi connectivity index (χ0v) is 9.25. The van der Waals surface area contributed by atoms with E-state index < -0.39 is 0 Å². The number of allylic oxidation sites excluding steroid dienone is 1. The minimum Gasteiger partial charge on any atom is -0.294 e. The van der Waals surface area contributed by atoms with Gasteiger partial charge in [-0.2, -0.15) is 0 Å². The van der Waals surface area contributed by atoms with Gasteiger partial charge in [-0.1, -0.05) is 34.8 Å². The highest BCUT2D eigenvalue weighted by Gasteiger charge is 2.22. The molecule has 72 valence electrons. The fraction of sp³-hybridized carbons (Fsp3) is 0.100. The van der Waals surface area contributed by atoms with Gasteiger partial charge < -0.3 is 0 Å². The fourth-order valence-corrected chi connectivity index (χ4v) is 2.02. The van der Waals surface area contributed by atoms with Crippen molar-refractivity contribution in [1.29, 1.82) is 0 Å². The summed E-state index contributed by atoms with van der Waals surface area (Å²) in [6.45, 7) is 0. The second kappa shape index (κ2) is 3.58. The number of ketones is 1. The first kappa shape index (κ1) is 10.0. The summed E-state index contributed by atoms with van der Waals surface area (Å²) in [7, 11) is 0. The number of halogens is 3. The van der Waals surface area contributed by atoms with Crippen molar-refractivity contribution in [3.8, 4) is 0 Å². The van der Waals surface area contributed by atoms with E-state index in [0.717, 1.165) is 0 Å². The van der Waals surface area contributed by atoms with Crippen LogP contribution >= 0.6 is 34.8 Å². The van der Waals surface area contributed by atoms with Gasteiger partial charge in [-0.05, 0) is 18.2 Å². The molecule has 0 atom stereocenters. The molecule has 1 aliphatic carbocycles. The van der Waals surface area contributed by atoms with Gasteiger partial charge in [0.25, 0.3) is 0 Å². The Labute approximate surface area is 96.3 Å². The van der Waals surface area contributed by atoms with Crippen LogP contribution in [0.2, 0.25) is 5.02 Å². The molecule has 1 nitrogen and oxygen atoms in total. The normalized spacial score (nSPS) is 15.8. The molecule has 0 aromatic heterocycles. The molecule has 0 aliphatic heterocycles. The van der Waals surface area contributed by atoms with E-state index in [1.54, 1.807) is 18.2 Å². The molecular formula is C10H5Cl3O. The van der Waals surface area contributed by atoms with Gasteiger partial charge in [0.05, 0.1) is 5.03 Å². The van der Waals surface area contributed by atoms with E-state index in [2.05, 4.69) is 0 Å². The number of hydrogen-bond donors (Lipinski definition) is 0. The first-order chi connectivity index (χ1) is 6.59. The molecule has 2 rings (SSSR count). The molecule has 0 radical (unpaired) electrons. The van der Waals surface area contributed by atoms with Crippen LogP contribution in [0, 0.1) is 0 Å². The zero-order valence-electron chi connectivity index (χ0n) is 6.98. The monoisotopic (exact) mass is 246 g/mol. The highest BCUT2D eigenvalue weighted by molar-refractivity contribution is 6.56. The second-order valence-corrected chi connectivity index (χ2v) is 4.28. The molecule has 0 fully saturated rings. The van der Waals surface area contributed by atoms with E-state index in [1.165, 1.54) is 0 Å². The predicted octanol–water partition coefficient (Wildman–Crippen LogP) is 4.07. The number of carbonyl (C=O) groups excluding carboxylic acids is 1. The molecule has 0 heterocycles. The second-order valence-electron chi connectivity index (χ2n) is 3.01. The molecule has 0 spiro atoms. The Morgan fingerprint density at radius 1 is 1.07 bits per heavy atom. The highest BCUT2D eigenvalue weighted by Crippen LogP contribution is 2.36. The summed E-state index contributed by atoms with van der Waals surface area (Å²) in [6, 6.07) is 4.99. The topological polar surface area (TPSA) is 17.1 Å². The maximum absolute atomic E-state index is 11.5. The van der Waals surface area contributed by atoms with Crippen molar-refractivity contribution in [2.24, 2.45) is 0 Å². The fourth-order valence-electron chi connectivity index (χ4n) is 1.40. The lowest BCUT2D eigenvalue weighted by Crippen LogP contribution is -2.08. The Bertz CT molecular complexity index is 449. The Hall–Kier alpha value is -0.500. The van der Waals surface area contributed by atoms with Crippen molar-refractivity contribution >= 4 is 45.6 Å². The Kier molecular flexibility index (Phi) is 2.56. The van der Waals surface area contributed by atoms with E-state index in [4.69, 9.17) is 34.8 Å². The van der Waals surface area contributed by atoms with Gasteiger partial charge in [0.15, 0.2) is 5.78 Å². The molecule has 14 heavy (non-hydrogen) atoms. The SMILES string of the molecule is O=C1CC(Cl)=C(Cl)c2cc(Cl)ccc21. The van der Waals surface area contributed by atoms with Crippen LogP contribution in [0.1, 0.15) is 22.3 Å². The van der Waals surface area contributed by atoms with Gasteiger partial charge >= 0.3 is 0 Å². The minimum atomic E-state index is -0.0222. The number of hydrogen-bond acceptors (Lipinski definition) is 1. The number of Topliss-reactive ketones (excluding diaryl/α,β-unsaturated/α-hetero) is 1. The third-order valence-electron chi connectivity index (χ3n) is 2.07. The minimum absolute atomic E-state index is 0.0222. The van der Waals surface area contributed by atoms with E-state index in [1.807, 2.05) is 0 Å². The van der Waals surface area contributed by atoms with Gasteiger partial charge in [0.2, 0.25) is 0 Å². The van der Waals surface area contributed by atoms with Gasteiger partial charge in [0.1, 0.15) is 0 Å². The van der Waals surface area contributed by atoms with E-state index in [-0.39, 0.29) is 12.2 Å². The summed E-state index contributed by atoms with van der Waals surface area (Å²) >= 11 is 17.6. The summed E-state index contributed by atoms with van der Waals surface area (Å²) in [5.41, 5.74) is 1.21. The third-order valence-corrected chi connectivity index (χ3v) is 3.16. The standard InChI is InChI=1S/C10H5Cl3O/c11-5-1-2-6-7(3-5)10(13)8(12)4-9(6)14/h1-3H,4H2. The molecule has 0 saturated heterocycles. The van der Waals surface area contributed by atoms with Crippen LogP contribution in [0.5, 0.6) is 0 Å². The summed E-state index contributed by atoms with van der Waals surface area (Å²) in [5.74, 6) is -0.0222. The Morgan fingerprint density at radius 3 is 2.50 bits per heavy atom. The van der Waals surface area contributed by atoms with Crippen molar-refractivity contribution in [2.75, 3.05) is 0 Å². The van der Waals surface area contributed by atoms with Crippen LogP contribution in [0.4, 0.5) is 0 Å². The summed E-state index contributed by atoms with van der Waals surface area (Å²) in [5, 5.41) is 1.34. The molecule has 1 aromatic carbocycles. The number of carbonyl (C=O) groups is 1. The lowest BCUT2D eigenvalue weighted by atomic mass is 9.96. The van der Waals surface area contributed by atoms with Crippen molar-refractivity contribution in [3.05, 3.63) is 39.4 Å². The Balaban J connectivity index is 2.70. The van der Waals surface area contributed by atoms with Crippen LogP contribution in [-0.4, -0.2) is 5.78 Å². The largest absolute Gasteiger partial charge is 0.294 e. The molecule has 0 bridgehead atoms. The lowest BCUT2D eigenvalue weighted by molar-refractivity contribution is 0.0993. The summed E-state index contributed by atoms with van der Waals surface area (Å²) in [4.78, 5) is 11.5. The van der Waals surface area contributed by atoms with Crippen molar-refractivity contribution in [1.82, 2.24) is 0 Å². The van der Waals surface area contributed by atoms with Gasteiger partial charge in [-0.15, -0.1) is 0 Å². The van der Waals surface area contributed by atoms with E-state index in [0.29, 0.717) is 26.2 Å². The molecule has 1 aliphatic rings. The van der Waals surface area contributed by atoms with Gasteiger partial charge in [0, 0.05) is 27.6 Å². The average Bonchev–Trinajstić information content (AvgIpc) is 2.14. The summed E-state index contributed by atoms with van der Waals surface area (Å²) < 4.78 is 0. The molecule has 0 N–H and O–H groups in total. The molecule has 4 heteroatoms. The van der Waals surface area contributed by atoms with E-state index >= 15 is 0 Å². The molecule has 0 saturated carbocycles. The number of benzene rings is 1. The smallest absolute Gasteiger partial charge is 0.168 e. The van der Waals surface area contributed by atoms with Crippen molar-refractivity contribution < 1.29 is 4.79 Å². The average molecular weight is 248 g/mol. The van der Waals surface area contributed by atoms with Crippen LogP contribution < -0.4 is 0 Å². The van der Waals surface area contributed by atoms with Crippen LogP contribution in [0.15, 0.2) is 23.2 Å². The highest BCUT2D eigenvalue weighted by atomic mass is 35.5. The van der Waals surface area contributed by atoms with Crippen molar-refractivity contribution in [3.63, 3.8) is 0 Å². The quantitative estimate of drug-likeness (QED) is 0.675. The van der Waals surface area contributed by atoms with Crippen molar-refractivity contribution in [2.45, 2.75) is 6.42 Å². The van der Waals surface area contributed by atoms with Gasteiger partial charge in [-0.3, -0.25) is 4.79 Å². The molecule has 1 aromatic rings. The maximum Gasteiger partial charge on any atom is 0.168 e. The van der Waals surface area contributed by atoms with Gasteiger partial charge in [-0.25, -0.2) is 0 Å². The van der Waals surface area contributed by atoms with Crippen LogP contribution in [0.25, 0.3) is 5.03 Å². The van der Waals surface area contributed by atoms with E-state index in [9.17, 15) is 4.79 Å². The Morgan fingerprint density at radius 2 is 1.79 bits per heavy atom. The molecular weight excluding hydrogens is 242 g/mol. The number of fused-ring (bicyclic) bond motifs is 1. The first-order valence-corrected chi connectivity index (χ1v) is 5.10. The lowest BCUT2D eigenvalue weighted by Gasteiger charge is -2.15.